The summed E-state index contributed by atoms with van der Waals surface area (Å²) in [5.74, 6) is 0. The zero-order valence-electron chi connectivity index (χ0n) is 12.4. The summed E-state index contributed by atoms with van der Waals surface area (Å²) < 4.78 is 4.50. The van der Waals surface area contributed by atoms with Gasteiger partial charge in [-0.3, -0.25) is 14.0 Å². The van der Waals surface area contributed by atoms with Gasteiger partial charge in [0.15, 0.2) is 0 Å². The summed E-state index contributed by atoms with van der Waals surface area (Å²) in [6, 6.07) is 10.4. The predicted molar refractivity (Wildman–Crippen MR) is 84.8 cm³/mol. The molecule has 0 aliphatic carbocycles. The maximum atomic E-state index is 12.4. The Balaban J connectivity index is 1.85. The summed E-state index contributed by atoms with van der Waals surface area (Å²) in [7, 11) is 0. The molecule has 0 bridgehead atoms. The smallest absolute Gasteiger partial charge is 0.291 e. The molecule has 4 heterocycles. The van der Waals surface area contributed by atoms with Crippen LogP contribution in [0.5, 0.6) is 0 Å². The van der Waals surface area contributed by atoms with Crippen molar-refractivity contribution >= 4 is 11.2 Å². The minimum atomic E-state index is -0.219. The number of aryl methyl sites for hydroxylation is 1. The molecule has 0 N–H and O–H groups in total. The molecule has 23 heavy (non-hydrogen) atoms. The molecule has 0 fully saturated rings. The van der Waals surface area contributed by atoms with Crippen molar-refractivity contribution in [3.63, 3.8) is 0 Å². The fraction of sp³-hybridized carbons (Fsp3) is 0.125. The summed E-state index contributed by atoms with van der Waals surface area (Å²) >= 11 is 0. The molecule has 0 unspecified atom stereocenters. The molecule has 4 aromatic heterocycles. The quantitative estimate of drug-likeness (QED) is 0.550. The third-order valence-corrected chi connectivity index (χ3v) is 3.79. The topological polar surface area (TPSA) is 73.7 Å². The molecule has 4 rings (SSSR count). The average Bonchev–Trinajstić information content (AvgIpc) is 2.99. The fourth-order valence-corrected chi connectivity index (χ4v) is 2.69. The van der Waals surface area contributed by atoms with Gasteiger partial charge in [-0.05, 0) is 31.2 Å². The van der Waals surface area contributed by atoms with E-state index in [0.29, 0.717) is 16.9 Å². The lowest BCUT2D eigenvalue weighted by atomic mass is 10.3. The largest absolute Gasteiger partial charge is 0.301 e. The van der Waals surface area contributed by atoms with Crippen LogP contribution in [-0.2, 0) is 6.54 Å². The molecule has 0 amide bonds. The van der Waals surface area contributed by atoms with Gasteiger partial charge in [-0.15, -0.1) is 0 Å². The van der Waals surface area contributed by atoms with E-state index in [1.807, 2.05) is 19.1 Å². The van der Waals surface area contributed by atoms with E-state index in [1.54, 1.807) is 35.1 Å². The zero-order valence-corrected chi connectivity index (χ0v) is 12.4. The highest BCUT2D eigenvalue weighted by atomic mass is 16.1. The minimum Gasteiger partial charge on any atom is -0.301 e. The van der Waals surface area contributed by atoms with Crippen LogP contribution in [0.15, 0.2) is 58.5 Å². The third kappa shape index (κ3) is 2.13. The fourth-order valence-electron chi connectivity index (χ4n) is 2.69. The normalized spacial score (nSPS) is 11.3. The molecule has 0 aromatic carbocycles. The van der Waals surface area contributed by atoms with Gasteiger partial charge in [-0.1, -0.05) is 6.07 Å². The first-order chi connectivity index (χ1) is 11.1. The van der Waals surface area contributed by atoms with Gasteiger partial charge in [0.1, 0.15) is 17.5 Å². The minimum absolute atomic E-state index is 0.153. The van der Waals surface area contributed by atoms with E-state index in [-0.39, 0.29) is 17.7 Å². The second kappa shape index (κ2) is 4.91. The molecule has 0 aliphatic rings. The number of rotatable bonds is 2. The lowest BCUT2D eigenvalue weighted by Gasteiger charge is -2.08. The van der Waals surface area contributed by atoms with Crippen molar-refractivity contribution in [2.45, 2.75) is 13.5 Å². The number of pyridine rings is 1. The molecule has 4 aromatic rings. The van der Waals surface area contributed by atoms with Crippen LogP contribution in [0.25, 0.3) is 11.2 Å². The predicted octanol–water partition coefficient (Wildman–Crippen LogP) is 0.861. The highest BCUT2D eigenvalue weighted by Gasteiger charge is 2.08. The lowest BCUT2D eigenvalue weighted by Crippen LogP contribution is -2.26. The molecule has 0 saturated carbocycles. The Morgan fingerprint density at radius 3 is 2.87 bits per heavy atom. The Labute approximate surface area is 130 Å². The number of hydrogen-bond donors (Lipinski definition) is 0. The Morgan fingerprint density at radius 2 is 2.00 bits per heavy atom. The van der Waals surface area contributed by atoms with Gasteiger partial charge in [0.25, 0.3) is 11.1 Å². The van der Waals surface area contributed by atoms with Crippen LogP contribution in [0.2, 0.25) is 0 Å². The maximum absolute atomic E-state index is 12.4. The number of aromatic nitrogens is 5. The van der Waals surface area contributed by atoms with Crippen LogP contribution in [0, 0.1) is 6.92 Å². The molecule has 114 valence electrons. The summed E-state index contributed by atoms with van der Waals surface area (Å²) in [5.41, 5.74) is 2.03. The molecule has 7 nitrogen and oxygen atoms in total. The first-order valence-corrected chi connectivity index (χ1v) is 7.14. The molecular weight excluding hydrogens is 294 g/mol. The molecular formula is C16H13N5O2. The Hall–Kier alpha value is -3.22. The number of nitrogens with zero attached hydrogens (tertiary/aromatic N) is 5. The first kappa shape index (κ1) is 13.4. The maximum Gasteiger partial charge on any atom is 0.291 e. The van der Waals surface area contributed by atoms with E-state index >= 15 is 0 Å². The monoisotopic (exact) mass is 307 g/mol. The zero-order chi connectivity index (χ0) is 16.0. The lowest BCUT2D eigenvalue weighted by molar-refractivity contribution is 0.617. The van der Waals surface area contributed by atoms with Crippen LogP contribution >= 0.6 is 0 Å². The van der Waals surface area contributed by atoms with Crippen molar-refractivity contribution in [3.05, 3.63) is 81.0 Å². The summed E-state index contributed by atoms with van der Waals surface area (Å²) in [6.07, 6.45) is 3.33. The molecule has 0 radical (unpaired) electrons. The Bertz CT molecular complexity index is 1150. The van der Waals surface area contributed by atoms with Gasteiger partial charge >= 0.3 is 0 Å². The van der Waals surface area contributed by atoms with Crippen molar-refractivity contribution in [3.8, 4) is 0 Å². The van der Waals surface area contributed by atoms with Gasteiger partial charge in [-0.25, -0.2) is 9.67 Å². The SMILES string of the molecule is Cc1cccc2nc(Cn3ncn4cccc4c3=O)cc(=O)n12. The van der Waals surface area contributed by atoms with E-state index in [0.717, 1.165) is 5.69 Å². The van der Waals surface area contributed by atoms with Crippen LogP contribution < -0.4 is 11.1 Å². The van der Waals surface area contributed by atoms with Crippen LogP contribution in [0.3, 0.4) is 0 Å². The van der Waals surface area contributed by atoms with Crippen molar-refractivity contribution in [2.24, 2.45) is 0 Å². The molecule has 0 aliphatic heterocycles. The van der Waals surface area contributed by atoms with E-state index in [9.17, 15) is 9.59 Å². The molecule has 7 heteroatoms. The number of hydrogen-bond acceptors (Lipinski definition) is 4. The molecule has 0 atom stereocenters. The van der Waals surface area contributed by atoms with Gasteiger partial charge in [0, 0.05) is 18.0 Å². The summed E-state index contributed by atoms with van der Waals surface area (Å²) in [4.78, 5) is 29.1. The van der Waals surface area contributed by atoms with Gasteiger partial charge in [0.05, 0.1) is 12.2 Å². The summed E-state index contributed by atoms with van der Waals surface area (Å²) in [5, 5.41) is 4.12. The van der Waals surface area contributed by atoms with E-state index in [2.05, 4.69) is 10.1 Å². The first-order valence-electron chi connectivity index (χ1n) is 7.14. The molecule has 0 saturated heterocycles. The van der Waals surface area contributed by atoms with Crippen LogP contribution in [-0.4, -0.2) is 23.6 Å². The van der Waals surface area contributed by atoms with Crippen LogP contribution in [0.1, 0.15) is 11.4 Å². The number of fused-ring (bicyclic) bond motifs is 2. The Kier molecular flexibility index (Phi) is 2.87. The van der Waals surface area contributed by atoms with E-state index in [1.165, 1.54) is 15.1 Å². The van der Waals surface area contributed by atoms with Gasteiger partial charge in [0.2, 0.25) is 0 Å². The van der Waals surface area contributed by atoms with Crippen molar-refractivity contribution in [2.75, 3.05) is 0 Å². The van der Waals surface area contributed by atoms with E-state index < -0.39 is 0 Å². The molecule has 0 spiro atoms. The van der Waals surface area contributed by atoms with Crippen LogP contribution in [0.4, 0.5) is 0 Å². The summed E-state index contributed by atoms with van der Waals surface area (Å²) in [6.45, 7) is 2.00. The van der Waals surface area contributed by atoms with Crippen molar-refractivity contribution in [1.82, 2.24) is 23.6 Å². The standard InChI is InChI=1S/C16H13N5O2/c1-11-4-2-6-14-18-12(8-15(22)21(11)14)9-20-16(23)13-5-3-7-19(13)10-17-20/h2-8,10H,9H2,1H3. The second-order valence-electron chi connectivity index (χ2n) is 5.34. The van der Waals surface area contributed by atoms with Gasteiger partial charge in [-0.2, -0.15) is 5.10 Å². The highest BCUT2D eigenvalue weighted by molar-refractivity contribution is 5.44. The van der Waals surface area contributed by atoms with Crippen molar-refractivity contribution in [1.29, 1.82) is 0 Å². The van der Waals surface area contributed by atoms with Crippen molar-refractivity contribution < 1.29 is 0 Å². The average molecular weight is 307 g/mol. The Morgan fingerprint density at radius 1 is 1.13 bits per heavy atom. The highest BCUT2D eigenvalue weighted by Crippen LogP contribution is 2.04. The van der Waals surface area contributed by atoms with E-state index in [4.69, 9.17) is 0 Å². The van der Waals surface area contributed by atoms with Gasteiger partial charge < -0.3 is 4.40 Å². The second-order valence-corrected chi connectivity index (χ2v) is 5.34. The third-order valence-electron chi connectivity index (χ3n) is 3.79.